The maximum absolute atomic E-state index is 13.3. The number of rotatable bonds is 9. The lowest BCUT2D eigenvalue weighted by Crippen LogP contribution is -2.54. The minimum absolute atomic E-state index is 0.0983. The first-order chi connectivity index (χ1) is 16.8. The summed E-state index contributed by atoms with van der Waals surface area (Å²) in [5.41, 5.74) is 0.768. The maximum Gasteiger partial charge on any atom is 0.343 e. The molecule has 0 aromatic heterocycles. The Kier molecular flexibility index (Phi) is 7.98. The van der Waals surface area contributed by atoms with Crippen molar-refractivity contribution in [3.05, 3.63) is 71.6 Å². The van der Waals surface area contributed by atoms with E-state index in [9.17, 15) is 23.6 Å². The summed E-state index contributed by atoms with van der Waals surface area (Å²) >= 11 is 0. The summed E-state index contributed by atoms with van der Waals surface area (Å²) in [5, 5.41) is 2.12. The van der Waals surface area contributed by atoms with E-state index in [1.54, 1.807) is 19.1 Å². The number of carbonyl (C=O) groups excluding carboxylic acids is 4. The number of barbiturate groups is 1. The quantitative estimate of drug-likeness (QED) is 0.253. The van der Waals surface area contributed by atoms with Crippen molar-refractivity contribution < 1.29 is 37.8 Å². The van der Waals surface area contributed by atoms with Crippen LogP contribution in [0.15, 0.2) is 54.6 Å². The number of urea groups is 1. The number of nitrogens with one attached hydrogen (secondary N) is 1. The van der Waals surface area contributed by atoms with Gasteiger partial charge < -0.3 is 14.2 Å². The zero-order chi connectivity index (χ0) is 25.5. The second kappa shape index (κ2) is 11.1. The van der Waals surface area contributed by atoms with Gasteiger partial charge in [0.15, 0.2) is 18.1 Å². The maximum atomic E-state index is 13.3. The minimum Gasteiger partial charge on any atom is -0.490 e. The van der Waals surface area contributed by atoms with E-state index in [2.05, 4.69) is 16.6 Å². The molecule has 2 aromatic rings. The zero-order valence-electron chi connectivity index (χ0n) is 19.1. The van der Waals surface area contributed by atoms with Crippen LogP contribution in [0.2, 0.25) is 0 Å². The van der Waals surface area contributed by atoms with Gasteiger partial charge in [-0.25, -0.2) is 18.9 Å². The summed E-state index contributed by atoms with van der Waals surface area (Å²) in [4.78, 5) is 50.3. The number of nitrogens with zero attached hydrogens (tertiary/aromatic N) is 1. The fraction of sp³-hybridized carbons (Fsp3) is 0.200. The minimum atomic E-state index is -0.947. The number of hydrogen-bond donors (Lipinski definition) is 1. The highest BCUT2D eigenvalue weighted by atomic mass is 19.1. The summed E-state index contributed by atoms with van der Waals surface area (Å²) in [6, 6.07) is 6.93. The number of carbonyl (C=O) groups is 4. The molecule has 0 aliphatic carbocycles. The molecule has 35 heavy (non-hydrogen) atoms. The molecule has 2 aromatic carbocycles. The third-order valence-corrected chi connectivity index (χ3v) is 4.88. The number of hydrogen-bond acceptors (Lipinski definition) is 7. The number of benzene rings is 2. The molecule has 0 saturated carbocycles. The Morgan fingerprint density at radius 2 is 1.86 bits per heavy atom. The Hall–Kier alpha value is -4.47. The molecular formula is C25H23FN2O7. The highest BCUT2D eigenvalue weighted by molar-refractivity contribution is 6.39. The van der Waals surface area contributed by atoms with Gasteiger partial charge in [0.2, 0.25) is 0 Å². The molecule has 1 N–H and O–H groups in total. The molecule has 9 nitrogen and oxygen atoms in total. The van der Waals surface area contributed by atoms with Crippen molar-refractivity contribution in [1.29, 1.82) is 0 Å². The van der Waals surface area contributed by atoms with Crippen LogP contribution in [0.4, 0.5) is 14.9 Å². The van der Waals surface area contributed by atoms with Crippen LogP contribution < -0.4 is 19.7 Å². The SMILES string of the molecule is C=CCc1cc(/C=C2\C(=O)NC(=O)N(c3ccc(F)cc3)C2=O)cc(OCC)c1OCC(=O)OC. The zero-order valence-corrected chi connectivity index (χ0v) is 19.1. The van der Waals surface area contributed by atoms with Crippen molar-refractivity contribution in [2.75, 3.05) is 25.2 Å². The van der Waals surface area contributed by atoms with Gasteiger partial charge in [-0.3, -0.25) is 14.9 Å². The number of amides is 4. The van der Waals surface area contributed by atoms with Crippen LogP contribution >= 0.6 is 0 Å². The molecule has 1 aliphatic rings. The number of imide groups is 2. The molecule has 4 amide bonds. The third-order valence-electron chi connectivity index (χ3n) is 4.88. The number of anilines is 1. The number of esters is 1. The summed E-state index contributed by atoms with van der Waals surface area (Å²) in [5.74, 6) is -2.32. The highest BCUT2D eigenvalue weighted by Gasteiger charge is 2.37. The van der Waals surface area contributed by atoms with Crippen molar-refractivity contribution in [2.24, 2.45) is 0 Å². The Bertz CT molecular complexity index is 1210. The van der Waals surface area contributed by atoms with Gasteiger partial charge >= 0.3 is 12.0 Å². The predicted octanol–water partition coefficient (Wildman–Crippen LogP) is 3.17. The normalized spacial score (nSPS) is 14.5. The van der Waals surface area contributed by atoms with Gasteiger partial charge in [0.25, 0.3) is 11.8 Å². The van der Waals surface area contributed by atoms with E-state index in [-0.39, 0.29) is 30.2 Å². The summed E-state index contributed by atoms with van der Waals surface area (Å²) < 4.78 is 29.2. The first kappa shape index (κ1) is 25.2. The van der Waals surface area contributed by atoms with Crippen molar-refractivity contribution >= 4 is 35.6 Å². The van der Waals surface area contributed by atoms with Crippen LogP contribution in [0.1, 0.15) is 18.1 Å². The lowest BCUT2D eigenvalue weighted by Gasteiger charge is -2.26. The van der Waals surface area contributed by atoms with Gasteiger partial charge in [0.1, 0.15) is 11.4 Å². The van der Waals surface area contributed by atoms with E-state index in [1.807, 2.05) is 0 Å². The van der Waals surface area contributed by atoms with Gasteiger partial charge in [-0.1, -0.05) is 6.08 Å². The first-order valence-corrected chi connectivity index (χ1v) is 10.6. The molecule has 182 valence electrons. The molecule has 10 heteroatoms. The Morgan fingerprint density at radius 1 is 1.14 bits per heavy atom. The van der Waals surface area contributed by atoms with Crippen LogP contribution in [0, 0.1) is 5.82 Å². The number of allylic oxidation sites excluding steroid dienone is 1. The van der Waals surface area contributed by atoms with Crippen LogP contribution in [0.25, 0.3) is 6.08 Å². The first-order valence-electron chi connectivity index (χ1n) is 10.6. The smallest absolute Gasteiger partial charge is 0.343 e. The molecule has 0 radical (unpaired) electrons. The molecule has 0 bridgehead atoms. The van der Waals surface area contributed by atoms with E-state index in [1.165, 1.54) is 31.4 Å². The average Bonchev–Trinajstić information content (AvgIpc) is 2.82. The molecular weight excluding hydrogens is 459 g/mol. The molecule has 1 fully saturated rings. The average molecular weight is 482 g/mol. The number of halogens is 1. The van der Waals surface area contributed by atoms with Gasteiger partial charge in [-0.15, -0.1) is 6.58 Å². The molecule has 1 heterocycles. The topological polar surface area (TPSA) is 111 Å². The van der Waals surface area contributed by atoms with Gasteiger partial charge in [0.05, 0.1) is 19.4 Å². The molecule has 1 saturated heterocycles. The number of ether oxygens (including phenoxy) is 3. The predicted molar refractivity (Wildman–Crippen MR) is 124 cm³/mol. The Morgan fingerprint density at radius 3 is 2.49 bits per heavy atom. The van der Waals surface area contributed by atoms with E-state index >= 15 is 0 Å². The van der Waals surface area contributed by atoms with Crippen LogP contribution in [0.3, 0.4) is 0 Å². The molecule has 0 atom stereocenters. The Labute approximate surface area is 200 Å². The van der Waals surface area contributed by atoms with Gasteiger partial charge in [-0.2, -0.15) is 0 Å². The monoisotopic (exact) mass is 482 g/mol. The van der Waals surface area contributed by atoms with E-state index in [0.29, 0.717) is 23.3 Å². The summed E-state index contributed by atoms with van der Waals surface area (Å²) in [7, 11) is 1.24. The lowest BCUT2D eigenvalue weighted by atomic mass is 10.0. The van der Waals surface area contributed by atoms with Crippen LogP contribution in [-0.4, -0.2) is 44.1 Å². The fourth-order valence-corrected chi connectivity index (χ4v) is 3.34. The van der Waals surface area contributed by atoms with Crippen LogP contribution in [0.5, 0.6) is 11.5 Å². The van der Waals surface area contributed by atoms with Gasteiger partial charge in [-0.05, 0) is 61.4 Å². The molecule has 0 spiro atoms. The molecule has 3 rings (SSSR count). The summed E-state index contributed by atoms with van der Waals surface area (Å²) in [6.45, 7) is 5.40. The standard InChI is InChI=1S/C25H23FN2O7/c1-4-6-16-11-15(13-20(34-5-2)22(16)35-14-21(29)33-3)12-19-23(30)27-25(32)28(24(19)31)18-9-7-17(26)8-10-18/h4,7-13H,1,5-6,14H2,2-3H3,(H,27,30,32)/b19-12+. The van der Waals surface area contributed by atoms with Crippen LogP contribution in [-0.2, 0) is 25.5 Å². The van der Waals surface area contributed by atoms with E-state index in [4.69, 9.17) is 9.47 Å². The summed E-state index contributed by atoms with van der Waals surface area (Å²) in [6.07, 6.45) is 3.24. The molecule has 1 aliphatic heterocycles. The van der Waals surface area contributed by atoms with Crippen molar-refractivity contribution in [1.82, 2.24) is 5.32 Å². The molecule has 0 unspecified atom stereocenters. The second-order valence-corrected chi connectivity index (χ2v) is 7.23. The van der Waals surface area contributed by atoms with Crippen molar-refractivity contribution in [2.45, 2.75) is 13.3 Å². The van der Waals surface area contributed by atoms with Crippen molar-refractivity contribution in [3.63, 3.8) is 0 Å². The largest absolute Gasteiger partial charge is 0.490 e. The van der Waals surface area contributed by atoms with Crippen molar-refractivity contribution in [3.8, 4) is 11.5 Å². The third kappa shape index (κ3) is 5.72. The second-order valence-electron chi connectivity index (χ2n) is 7.23. The lowest BCUT2D eigenvalue weighted by molar-refractivity contribution is -0.143. The Balaban J connectivity index is 2.05. The number of methoxy groups -OCH3 is 1. The highest BCUT2D eigenvalue weighted by Crippen LogP contribution is 2.35. The van der Waals surface area contributed by atoms with E-state index in [0.717, 1.165) is 17.0 Å². The van der Waals surface area contributed by atoms with Gasteiger partial charge in [0, 0.05) is 5.56 Å². The fourth-order valence-electron chi connectivity index (χ4n) is 3.34. The van der Waals surface area contributed by atoms with E-state index < -0.39 is 29.6 Å².